The Morgan fingerprint density at radius 3 is 2.89 bits per heavy atom. The van der Waals surface area contributed by atoms with E-state index < -0.39 is 0 Å². The fourth-order valence-electron chi connectivity index (χ4n) is 1.79. The number of nitrogens with zero attached hydrogens (tertiary/aromatic N) is 4. The smallest absolute Gasteiger partial charge is 0.137 e. The lowest BCUT2D eigenvalue weighted by atomic mass is 10.3. The summed E-state index contributed by atoms with van der Waals surface area (Å²) in [5.74, 6) is 1.78. The lowest BCUT2D eigenvalue weighted by Crippen LogP contribution is -1.98. The summed E-state index contributed by atoms with van der Waals surface area (Å²) < 4.78 is 2.02. The summed E-state index contributed by atoms with van der Waals surface area (Å²) in [5.41, 5.74) is 7.61. The first-order chi connectivity index (χ1) is 8.72. The molecule has 6 nitrogen and oxygen atoms in total. The van der Waals surface area contributed by atoms with Crippen molar-refractivity contribution < 1.29 is 0 Å². The van der Waals surface area contributed by atoms with E-state index in [1.54, 1.807) is 6.07 Å². The Morgan fingerprint density at radius 1 is 1.17 bits per heavy atom. The molecule has 0 amide bonds. The lowest BCUT2D eigenvalue weighted by molar-refractivity contribution is 0.968. The number of hydrogen-bond acceptors (Lipinski definition) is 5. The van der Waals surface area contributed by atoms with Crippen molar-refractivity contribution in [3.63, 3.8) is 0 Å². The molecule has 3 aromatic heterocycles. The van der Waals surface area contributed by atoms with Gasteiger partial charge in [0.25, 0.3) is 0 Å². The zero-order valence-corrected chi connectivity index (χ0v) is 9.83. The average molecular weight is 240 g/mol. The third-order valence-electron chi connectivity index (χ3n) is 2.68. The summed E-state index contributed by atoms with van der Waals surface area (Å²) in [6.07, 6.45) is 3.39. The number of hydrogen-bond donors (Lipinski definition) is 2. The van der Waals surface area contributed by atoms with Crippen LogP contribution in [0.1, 0.15) is 0 Å². The van der Waals surface area contributed by atoms with Crippen molar-refractivity contribution in [2.45, 2.75) is 0 Å². The largest absolute Gasteiger partial charge is 0.384 e. The van der Waals surface area contributed by atoms with Crippen molar-refractivity contribution in [1.29, 1.82) is 0 Å². The lowest BCUT2D eigenvalue weighted by Gasteiger charge is -2.05. The van der Waals surface area contributed by atoms with E-state index >= 15 is 0 Å². The van der Waals surface area contributed by atoms with Crippen LogP contribution in [0.15, 0.2) is 36.8 Å². The first-order valence-corrected chi connectivity index (χ1v) is 5.49. The highest BCUT2D eigenvalue weighted by Gasteiger charge is 2.02. The SMILES string of the molecule is Cn1ccc2nc(Nc3cc(N)ncn3)ccc21. The maximum atomic E-state index is 5.59. The molecule has 0 fully saturated rings. The van der Waals surface area contributed by atoms with Crippen LogP contribution < -0.4 is 11.1 Å². The first-order valence-electron chi connectivity index (χ1n) is 5.49. The number of pyridine rings is 1. The molecular formula is C12H12N6. The molecule has 3 aromatic rings. The second-order valence-electron chi connectivity index (χ2n) is 3.98. The summed E-state index contributed by atoms with van der Waals surface area (Å²) in [4.78, 5) is 12.4. The molecule has 0 atom stereocenters. The minimum absolute atomic E-state index is 0.424. The van der Waals surface area contributed by atoms with Gasteiger partial charge in [-0.3, -0.25) is 0 Å². The van der Waals surface area contributed by atoms with Crippen molar-refractivity contribution >= 4 is 28.5 Å². The quantitative estimate of drug-likeness (QED) is 0.712. The van der Waals surface area contributed by atoms with Crippen molar-refractivity contribution in [1.82, 2.24) is 19.5 Å². The van der Waals surface area contributed by atoms with Crippen molar-refractivity contribution in [3.8, 4) is 0 Å². The van der Waals surface area contributed by atoms with Crippen LogP contribution in [-0.2, 0) is 7.05 Å². The molecule has 0 aliphatic rings. The summed E-state index contributed by atoms with van der Waals surface area (Å²) >= 11 is 0. The molecule has 3 heterocycles. The van der Waals surface area contributed by atoms with Crippen LogP contribution in [0.25, 0.3) is 11.0 Å². The number of aromatic nitrogens is 4. The first kappa shape index (κ1) is 10.5. The van der Waals surface area contributed by atoms with E-state index in [0.717, 1.165) is 16.9 Å². The van der Waals surface area contributed by atoms with Gasteiger partial charge in [0.05, 0.1) is 11.0 Å². The maximum absolute atomic E-state index is 5.59. The monoisotopic (exact) mass is 240 g/mol. The van der Waals surface area contributed by atoms with Crippen LogP contribution >= 0.6 is 0 Å². The van der Waals surface area contributed by atoms with E-state index in [1.807, 2.05) is 36.0 Å². The zero-order valence-electron chi connectivity index (χ0n) is 9.83. The maximum Gasteiger partial charge on any atom is 0.137 e. The van der Waals surface area contributed by atoms with Gasteiger partial charge in [-0.05, 0) is 18.2 Å². The van der Waals surface area contributed by atoms with Crippen LogP contribution in [0.4, 0.5) is 17.5 Å². The normalized spacial score (nSPS) is 10.7. The van der Waals surface area contributed by atoms with Crippen LogP contribution in [-0.4, -0.2) is 19.5 Å². The average Bonchev–Trinajstić information content (AvgIpc) is 2.71. The minimum atomic E-state index is 0.424. The molecule has 0 saturated heterocycles. The Kier molecular flexibility index (Phi) is 2.33. The Labute approximate surface area is 104 Å². The van der Waals surface area contributed by atoms with Crippen molar-refractivity contribution in [2.24, 2.45) is 7.05 Å². The van der Waals surface area contributed by atoms with Gasteiger partial charge in [0, 0.05) is 19.3 Å². The molecule has 0 spiro atoms. The molecule has 0 aliphatic heterocycles. The number of nitrogens with two attached hydrogens (primary N) is 1. The summed E-state index contributed by atoms with van der Waals surface area (Å²) in [5, 5.41) is 3.09. The third-order valence-corrected chi connectivity index (χ3v) is 2.68. The molecule has 0 aliphatic carbocycles. The molecule has 0 unspecified atom stereocenters. The van der Waals surface area contributed by atoms with Gasteiger partial charge in [0.15, 0.2) is 0 Å². The molecule has 0 radical (unpaired) electrons. The van der Waals surface area contributed by atoms with Gasteiger partial charge in [0.1, 0.15) is 23.8 Å². The van der Waals surface area contributed by atoms with Gasteiger partial charge in [0.2, 0.25) is 0 Å². The van der Waals surface area contributed by atoms with Gasteiger partial charge in [-0.1, -0.05) is 0 Å². The minimum Gasteiger partial charge on any atom is -0.384 e. The van der Waals surface area contributed by atoms with Gasteiger partial charge in [-0.2, -0.15) is 0 Å². The number of nitrogens with one attached hydrogen (secondary N) is 1. The second kappa shape index (κ2) is 3.99. The van der Waals surface area contributed by atoms with E-state index in [0.29, 0.717) is 11.6 Å². The van der Waals surface area contributed by atoms with Gasteiger partial charge < -0.3 is 15.6 Å². The van der Waals surface area contributed by atoms with Gasteiger partial charge >= 0.3 is 0 Å². The van der Waals surface area contributed by atoms with Crippen LogP contribution in [0.3, 0.4) is 0 Å². The molecule has 3 N–H and O–H groups in total. The van der Waals surface area contributed by atoms with E-state index in [9.17, 15) is 0 Å². The molecule has 6 heteroatoms. The second-order valence-corrected chi connectivity index (χ2v) is 3.98. The Bertz CT molecular complexity index is 703. The van der Waals surface area contributed by atoms with Crippen LogP contribution in [0.2, 0.25) is 0 Å². The molecule has 0 aromatic carbocycles. The van der Waals surface area contributed by atoms with Crippen molar-refractivity contribution in [2.75, 3.05) is 11.1 Å². The predicted octanol–water partition coefficient (Wildman–Crippen LogP) is 1.69. The Balaban J connectivity index is 1.95. The van der Waals surface area contributed by atoms with Gasteiger partial charge in [-0.25, -0.2) is 15.0 Å². The van der Waals surface area contributed by atoms with E-state index in [-0.39, 0.29) is 0 Å². The van der Waals surface area contributed by atoms with Crippen molar-refractivity contribution in [3.05, 3.63) is 36.8 Å². The van der Waals surface area contributed by atoms with E-state index in [2.05, 4.69) is 20.3 Å². The van der Waals surface area contributed by atoms with E-state index in [1.165, 1.54) is 6.33 Å². The summed E-state index contributed by atoms with van der Waals surface area (Å²) in [6, 6.07) is 7.54. The Morgan fingerprint density at radius 2 is 2.06 bits per heavy atom. The predicted molar refractivity (Wildman–Crippen MR) is 70.4 cm³/mol. The highest BCUT2D eigenvalue weighted by Crippen LogP contribution is 2.18. The zero-order chi connectivity index (χ0) is 12.5. The van der Waals surface area contributed by atoms with Crippen LogP contribution in [0.5, 0.6) is 0 Å². The molecule has 0 saturated carbocycles. The summed E-state index contributed by atoms with van der Waals surface area (Å²) in [7, 11) is 1.99. The molecule has 18 heavy (non-hydrogen) atoms. The highest BCUT2D eigenvalue weighted by atomic mass is 15.1. The molecule has 3 rings (SSSR count). The number of aryl methyl sites for hydroxylation is 1. The fraction of sp³-hybridized carbons (Fsp3) is 0.0833. The van der Waals surface area contributed by atoms with Crippen LogP contribution in [0, 0.1) is 0 Å². The number of nitrogen functional groups attached to an aromatic ring is 1. The fourth-order valence-corrected chi connectivity index (χ4v) is 1.79. The summed E-state index contributed by atoms with van der Waals surface area (Å²) in [6.45, 7) is 0. The third kappa shape index (κ3) is 1.84. The Hall–Kier alpha value is -2.63. The topological polar surface area (TPSA) is 81.7 Å². The number of anilines is 3. The number of fused-ring (bicyclic) bond motifs is 1. The number of rotatable bonds is 2. The van der Waals surface area contributed by atoms with Gasteiger partial charge in [-0.15, -0.1) is 0 Å². The molecule has 0 bridgehead atoms. The molecular weight excluding hydrogens is 228 g/mol. The highest BCUT2D eigenvalue weighted by molar-refractivity contribution is 5.78. The standard InChI is InChI=1S/C12H12N6/c1-18-5-4-8-9(18)2-3-11(16-8)17-12-6-10(13)14-7-15-12/h2-7H,1H3,(H3,13,14,15,16,17). The van der Waals surface area contributed by atoms with E-state index in [4.69, 9.17) is 5.73 Å². The molecule has 90 valence electrons.